The van der Waals surface area contributed by atoms with E-state index in [1.165, 1.54) is 6.07 Å². The van der Waals surface area contributed by atoms with Crippen LogP contribution in [0.1, 0.15) is 11.1 Å². The third-order valence-corrected chi connectivity index (χ3v) is 3.16. The number of nitrogens with two attached hydrogens (primary N) is 2. The van der Waals surface area contributed by atoms with E-state index in [-0.39, 0.29) is 5.69 Å². The standard InChI is InChI=1S/C14H15N3O2/c1-8-5-10(3-4-12(8)15)11-6-9(2)13(16)7-14(11)17(18)19/h3-7H,15-16H2,1-2H3. The number of rotatable bonds is 2. The van der Waals surface area contributed by atoms with Crippen molar-refractivity contribution < 1.29 is 4.92 Å². The summed E-state index contributed by atoms with van der Waals surface area (Å²) in [5, 5.41) is 11.1. The fourth-order valence-electron chi connectivity index (χ4n) is 1.94. The highest BCUT2D eigenvalue weighted by molar-refractivity contribution is 5.79. The molecule has 0 aliphatic carbocycles. The lowest BCUT2D eigenvalue weighted by atomic mass is 9.98. The van der Waals surface area contributed by atoms with E-state index >= 15 is 0 Å². The van der Waals surface area contributed by atoms with Crippen molar-refractivity contribution >= 4 is 17.1 Å². The van der Waals surface area contributed by atoms with Gasteiger partial charge in [-0.25, -0.2) is 0 Å². The van der Waals surface area contributed by atoms with Gasteiger partial charge in [0, 0.05) is 17.4 Å². The van der Waals surface area contributed by atoms with Crippen LogP contribution in [0.25, 0.3) is 11.1 Å². The Morgan fingerprint density at radius 1 is 1.00 bits per heavy atom. The number of hydrogen-bond donors (Lipinski definition) is 2. The lowest BCUT2D eigenvalue weighted by molar-refractivity contribution is -0.384. The van der Waals surface area contributed by atoms with Crippen LogP contribution in [0, 0.1) is 24.0 Å². The predicted molar refractivity (Wildman–Crippen MR) is 76.8 cm³/mol. The molecule has 0 spiro atoms. The van der Waals surface area contributed by atoms with Gasteiger partial charge < -0.3 is 11.5 Å². The first-order valence-corrected chi connectivity index (χ1v) is 5.81. The molecule has 0 radical (unpaired) electrons. The molecule has 98 valence electrons. The first kappa shape index (κ1) is 12.9. The van der Waals surface area contributed by atoms with Crippen LogP contribution in [0.15, 0.2) is 30.3 Å². The zero-order valence-electron chi connectivity index (χ0n) is 10.8. The van der Waals surface area contributed by atoms with Crippen molar-refractivity contribution in [3.63, 3.8) is 0 Å². The van der Waals surface area contributed by atoms with E-state index in [1.54, 1.807) is 18.2 Å². The van der Waals surface area contributed by atoms with Gasteiger partial charge in [-0.1, -0.05) is 6.07 Å². The Morgan fingerprint density at radius 2 is 1.63 bits per heavy atom. The summed E-state index contributed by atoms with van der Waals surface area (Å²) in [6, 6.07) is 8.50. The number of benzene rings is 2. The van der Waals surface area contributed by atoms with Gasteiger partial charge in [-0.05, 0) is 48.7 Å². The van der Waals surface area contributed by atoms with Crippen molar-refractivity contribution in [3.05, 3.63) is 51.6 Å². The topological polar surface area (TPSA) is 95.2 Å². The zero-order chi connectivity index (χ0) is 14.2. The maximum absolute atomic E-state index is 11.1. The van der Waals surface area contributed by atoms with Crippen molar-refractivity contribution in [2.45, 2.75) is 13.8 Å². The van der Waals surface area contributed by atoms with Crippen LogP contribution in [-0.4, -0.2) is 4.92 Å². The van der Waals surface area contributed by atoms with Gasteiger partial charge in [-0.3, -0.25) is 10.1 Å². The Hall–Kier alpha value is -2.56. The first-order valence-electron chi connectivity index (χ1n) is 5.81. The molecule has 0 atom stereocenters. The van der Waals surface area contributed by atoms with E-state index < -0.39 is 4.92 Å². The van der Waals surface area contributed by atoms with Crippen LogP contribution in [0.5, 0.6) is 0 Å². The Balaban J connectivity index is 2.69. The van der Waals surface area contributed by atoms with Gasteiger partial charge in [0.15, 0.2) is 0 Å². The SMILES string of the molecule is Cc1cc(-c2cc(C)c(N)cc2[N+](=O)[O-])ccc1N. The van der Waals surface area contributed by atoms with Crippen molar-refractivity contribution in [3.8, 4) is 11.1 Å². The van der Waals surface area contributed by atoms with Gasteiger partial charge in [0.1, 0.15) is 0 Å². The molecule has 0 saturated heterocycles. The summed E-state index contributed by atoms with van der Waals surface area (Å²) in [5.74, 6) is 0. The molecule has 4 N–H and O–H groups in total. The van der Waals surface area contributed by atoms with Gasteiger partial charge >= 0.3 is 0 Å². The first-order chi connectivity index (χ1) is 8.90. The van der Waals surface area contributed by atoms with Crippen LogP contribution in [-0.2, 0) is 0 Å². The monoisotopic (exact) mass is 257 g/mol. The van der Waals surface area contributed by atoms with E-state index in [9.17, 15) is 10.1 Å². The van der Waals surface area contributed by atoms with Crippen molar-refractivity contribution in [1.29, 1.82) is 0 Å². The molecule has 0 aliphatic heterocycles. The van der Waals surface area contributed by atoms with E-state index in [1.807, 2.05) is 19.9 Å². The molecule has 0 amide bonds. The molecule has 19 heavy (non-hydrogen) atoms. The molecule has 2 aromatic carbocycles. The molecular weight excluding hydrogens is 242 g/mol. The van der Waals surface area contributed by atoms with Gasteiger partial charge in [-0.15, -0.1) is 0 Å². The third-order valence-electron chi connectivity index (χ3n) is 3.16. The average Bonchev–Trinajstić information content (AvgIpc) is 2.35. The Morgan fingerprint density at radius 3 is 2.21 bits per heavy atom. The molecule has 5 nitrogen and oxygen atoms in total. The summed E-state index contributed by atoms with van der Waals surface area (Å²) in [6.45, 7) is 3.70. The average molecular weight is 257 g/mol. The summed E-state index contributed by atoms with van der Waals surface area (Å²) in [6.07, 6.45) is 0. The Kier molecular flexibility index (Phi) is 3.12. The number of hydrogen-bond acceptors (Lipinski definition) is 4. The van der Waals surface area contributed by atoms with E-state index in [0.717, 1.165) is 16.7 Å². The predicted octanol–water partition coefficient (Wildman–Crippen LogP) is 3.04. The largest absolute Gasteiger partial charge is 0.399 e. The third kappa shape index (κ3) is 2.35. The highest BCUT2D eigenvalue weighted by Crippen LogP contribution is 2.34. The second-order valence-electron chi connectivity index (χ2n) is 4.55. The smallest absolute Gasteiger partial charge is 0.279 e. The molecule has 0 bridgehead atoms. The summed E-state index contributed by atoms with van der Waals surface area (Å²) in [7, 11) is 0. The van der Waals surface area contributed by atoms with Crippen LogP contribution >= 0.6 is 0 Å². The number of anilines is 2. The molecule has 0 fully saturated rings. The fraction of sp³-hybridized carbons (Fsp3) is 0.143. The number of nitro groups is 1. The second kappa shape index (κ2) is 4.61. The summed E-state index contributed by atoms with van der Waals surface area (Å²) in [4.78, 5) is 10.7. The number of nitro benzene ring substituents is 1. The molecule has 0 aromatic heterocycles. The molecule has 0 unspecified atom stereocenters. The normalized spacial score (nSPS) is 10.4. The molecular formula is C14H15N3O2. The highest BCUT2D eigenvalue weighted by atomic mass is 16.6. The minimum atomic E-state index is -0.420. The van der Waals surface area contributed by atoms with Gasteiger partial charge in [0.25, 0.3) is 5.69 Å². The van der Waals surface area contributed by atoms with E-state index in [0.29, 0.717) is 16.9 Å². The Labute approximate surface area is 111 Å². The minimum absolute atomic E-state index is 0.00673. The molecule has 2 aromatic rings. The molecule has 2 rings (SSSR count). The van der Waals surface area contributed by atoms with Gasteiger partial charge in [0.2, 0.25) is 0 Å². The molecule has 0 aliphatic rings. The van der Waals surface area contributed by atoms with Crippen LogP contribution in [0.2, 0.25) is 0 Å². The van der Waals surface area contributed by atoms with Crippen molar-refractivity contribution in [2.75, 3.05) is 11.5 Å². The highest BCUT2D eigenvalue weighted by Gasteiger charge is 2.17. The number of nitrogens with zero attached hydrogens (tertiary/aromatic N) is 1. The maximum atomic E-state index is 11.1. The quantitative estimate of drug-likeness (QED) is 0.491. The lowest BCUT2D eigenvalue weighted by Crippen LogP contribution is -1.98. The lowest BCUT2D eigenvalue weighted by Gasteiger charge is -2.09. The van der Waals surface area contributed by atoms with Crippen LogP contribution in [0.4, 0.5) is 17.1 Å². The molecule has 5 heteroatoms. The number of nitrogen functional groups attached to an aromatic ring is 2. The van der Waals surface area contributed by atoms with Crippen LogP contribution in [0.3, 0.4) is 0 Å². The van der Waals surface area contributed by atoms with Gasteiger partial charge in [-0.2, -0.15) is 0 Å². The van der Waals surface area contributed by atoms with E-state index in [2.05, 4.69) is 0 Å². The number of aryl methyl sites for hydroxylation is 2. The van der Waals surface area contributed by atoms with Crippen molar-refractivity contribution in [2.24, 2.45) is 0 Å². The van der Waals surface area contributed by atoms with Crippen molar-refractivity contribution in [1.82, 2.24) is 0 Å². The van der Waals surface area contributed by atoms with Gasteiger partial charge in [0.05, 0.1) is 10.5 Å². The maximum Gasteiger partial charge on any atom is 0.279 e. The Bertz CT molecular complexity index is 666. The summed E-state index contributed by atoms with van der Waals surface area (Å²) < 4.78 is 0. The zero-order valence-corrected chi connectivity index (χ0v) is 10.8. The van der Waals surface area contributed by atoms with Crippen LogP contribution < -0.4 is 11.5 Å². The fourth-order valence-corrected chi connectivity index (χ4v) is 1.94. The van der Waals surface area contributed by atoms with E-state index in [4.69, 9.17) is 11.5 Å². The second-order valence-corrected chi connectivity index (χ2v) is 4.55. The summed E-state index contributed by atoms with van der Waals surface area (Å²) in [5.41, 5.74) is 15.6. The molecule has 0 saturated carbocycles. The summed E-state index contributed by atoms with van der Waals surface area (Å²) >= 11 is 0. The molecule has 0 heterocycles. The minimum Gasteiger partial charge on any atom is -0.399 e.